The smallest absolute Gasteiger partial charge is 0.367 e. The first-order valence-electron chi connectivity index (χ1n) is 6.33. The van der Waals surface area contributed by atoms with Crippen molar-refractivity contribution in [3.8, 4) is 0 Å². The molecule has 20 heavy (non-hydrogen) atoms. The second kappa shape index (κ2) is 4.95. The van der Waals surface area contributed by atoms with Crippen LogP contribution in [0.2, 0.25) is 0 Å². The lowest BCUT2D eigenvalue weighted by Crippen LogP contribution is -2.32. The van der Waals surface area contributed by atoms with E-state index in [-0.39, 0.29) is 11.7 Å². The summed E-state index contributed by atoms with van der Waals surface area (Å²) in [5, 5.41) is 0. The first-order chi connectivity index (χ1) is 9.16. The van der Waals surface area contributed by atoms with Gasteiger partial charge in [0.25, 0.3) is 9.84 Å². The molecular weight excluding hydrogens is 291 g/mol. The molecular formula is C13H16F3NO2S. The molecule has 1 aromatic rings. The number of para-hydroxylation sites is 1. The molecule has 1 saturated heterocycles. The molecule has 0 saturated carbocycles. The summed E-state index contributed by atoms with van der Waals surface area (Å²) in [5.74, 6) is 0.316. The Bertz CT molecular complexity index is 598. The summed E-state index contributed by atoms with van der Waals surface area (Å²) in [6.45, 7) is 4.47. The van der Waals surface area contributed by atoms with Crippen LogP contribution in [0.5, 0.6) is 0 Å². The molecule has 1 aliphatic rings. The van der Waals surface area contributed by atoms with Crippen LogP contribution in [0.1, 0.15) is 20.3 Å². The van der Waals surface area contributed by atoms with Crippen LogP contribution in [0.15, 0.2) is 29.2 Å². The zero-order chi connectivity index (χ0) is 15.1. The second-order valence-corrected chi connectivity index (χ2v) is 7.03. The molecule has 0 N–H and O–H groups in total. The minimum atomic E-state index is -5.33. The topological polar surface area (TPSA) is 37.4 Å². The molecule has 0 aromatic heterocycles. The fraction of sp³-hybridized carbons (Fsp3) is 0.538. The number of hydrogen-bond donors (Lipinski definition) is 0. The summed E-state index contributed by atoms with van der Waals surface area (Å²) >= 11 is 0. The van der Waals surface area contributed by atoms with Gasteiger partial charge >= 0.3 is 5.51 Å². The Morgan fingerprint density at radius 3 is 2.30 bits per heavy atom. The molecule has 0 bridgehead atoms. The van der Waals surface area contributed by atoms with E-state index in [1.165, 1.54) is 12.1 Å². The molecule has 0 aliphatic carbocycles. The van der Waals surface area contributed by atoms with E-state index in [1.54, 1.807) is 11.0 Å². The first-order valence-corrected chi connectivity index (χ1v) is 7.81. The van der Waals surface area contributed by atoms with E-state index in [0.29, 0.717) is 12.5 Å². The number of halogens is 3. The highest BCUT2D eigenvalue weighted by atomic mass is 32.2. The van der Waals surface area contributed by atoms with Gasteiger partial charge in [-0.1, -0.05) is 19.1 Å². The Morgan fingerprint density at radius 1 is 1.20 bits per heavy atom. The van der Waals surface area contributed by atoms with Crippen LogP contribution in [0.4, 0.5) is 18.9 Å². The normalized spacial score (nSPS) is 24.1. The Morgan fingerprint density at radius 2 is 1.80 bits per heavy atom. The highest BCUT2D eigenvalue weighted by Gasteiger charge is 2.48. The van der Waals surface area contributed by atoms with Gasteiger partial charge in [0.05, 0.1) is 10.6 Å². The maximum Gasteiger partial charge on any atom is 0.501 e. The van der Waals surface area contributed by atoms with Crippen LogP contribution >= 0.6 is 0 Å². The minimum Gasteiger partial charge on any atom is -0.367 e. The minimum absolute atomic E-state index is 0.0135. The fourth-order valence-electron chi connectivity index (χ4n) is 2.48. The number of benzene rings is 1. The van der Waals surface area contributed by atoms with Crippen molar-refractivity contribution in [2.75, 3.05) is 11.4 Å². The lowest BCUT2D eigenvalue weighted by atomic mass is 10.1. The summed E-state index contributed by atoms with van der Waals surface area (Å²) in [4.78, 5) is 1.08. The summed E-state index contributed by atoms with van der Waals surface area (Å²) in [5.41, 5.74) is -5.14. The van der Waals surface area contributed by atoms with Gasteiger partial charge < -0.3 is 4.90 Å². The molecule has 112 valence electrons. The Labute approximate surface area is 116 Å². The van der Waals surface area contributed by atoms with Crippen molar-refractivity contribution in [3.63, 3.8) is 0 Å². The van der Waals surface area contributed by atoms with Crippen molar-refractivity contribution >= 4 is 15.5 Å². The van der Waals surface area contributed by atoms with Gasteiger partial charge in [-0.3, -0.25) is 0 Å². The average Bonchev–Trinajstić information content (AvgIpc) is 2.69. The highest BCUT2D eigenvalue weighted by molar-refractivity contribution is 7.92. The monoisotopic (exact) mass is 307 g/mol. The van der Waals surface area contributed by atoms with Gasteiger partial charge in [-0.15, -0.1) is 0 Å². The molecule has 0 amide bonds. The van der Waals surface area contributed by atoms with Gasteiger partial charge in [0, 0.05) is 12.6 Å². The van der Waals surface area contributed by atoms with Crippen molar-refractivity contribution in [1.82, 2.24) is 0 Å². The predicted molar refractivity (Wildman–Crippen MR) is 70.3 cm³/mol. The van der Waals surface area contributed by atoms with E-state index in [4.69, 9.17) is 0 Å². The molecule has 1 fully saturated rings. The number of alkyl halides is 3. The van der Waals surface area contributed by atoms with E-state index >= 15 is 0 Å². The van der Waals surface area contributed by atoms with Crippen LogP contribution in [0, 0.1) is 5.92 Å². The van der Waals surface area contributed by atoms with Crippen LogP contribution in [0.3, 0.4) is 0 Å². The third-order valence-electron chi connectivity index (χ3n) is 3.91. The van der Waals surface area contributed by atoms with E-state index in [0.717, 1.165) is 12.5 Å². The third-order valence-corrected chi connectivity index (χ3v) is 5.44. The lowest BCUT2D eigenvalue weighted by Gasteiger charge is -2.27. The van der Waals surface area contributed by atoms with Gasteiger partial charge in [0.1, 0.15) is 0 Å². The Hall–Kier alpha value is -1.24. The van der Waals surface area contributed by atoms with E-state index in [9.17, 15) is 21.6 Å². The summed E-state index contributed by atoms with van der Waals surface area (Å²) in [6.07, 6.45) is 0.835. The van der Waals surface area contributed by atoms with Gasteiger partial charge in [0.2, 0.25) is 0 Å². The number of sulfone groups is 1. The molecule has 2 unspecified atom stereocenters. The standard InChI is InChI=1S/C13H16F3NO2S/c1-9-7-8-17(10(9)2)11-5-3-4-6-12(11)20(18,19)13(14,15)16/h3-6,9-10H,7-8H2,1-2H3. The summed E-state index contributed by atoms with van der Waals surface area (Å²) in [6, 6.07) is 5.34. The molecule has 7 heteroatoms. The molecule has 1 heterocycles. The predicted octanol–water partition coefficient (Wildman–Crippen LogP) is 3.21. The van der Waals surface area contributed by atoms with Gasteiger partial charge in [-0.2, -0.15) is 13.2 Å². The SMILES string of the molecule is CC1CCN(c2ccccc2S(=O)(=O)C(F)(F)F)C1C. The number of rotatable bonds is 2. The van der Waals surface area contributed by atoms with Crippen molar-refractivity contribution in [1.29, 1.82) is 0 Å². The van der Waals surface area contributed by atoms with Crippen molar-refractivity contribution in [2.24, 2.45) is 5.92 Å². The van der Waals surface area contributed by atoms with Crippen LogP contribution in [0.25, 0.3) is 0 Å². The molecule has 2 rings (SSSR count). The second-order valence-electron chi connectivity index (χ2n) is 5.12. The highest BCUT2D eigenvalue weighted by Crippen LogP contribution is 2.38. The van der Waals surface area contributed by atoms with Gasteiger partial charge in [-0.25, -0.2) is 8.42 Å². The zero-order valence-corrected chi connectivity index (χ0v) is 12.0. The third kappa shape index (κ3) is 2.39. The molecule has 0 radical (unpaired) electrons. The maximum absolute atomic E-state index is 12.8. The maximum atomic E-state index is 12.8. The fourth-order valence-corrected chi connectivity index (χ4v) is 3.45. The Kier molecular flexibility index (Phi) is 3.75. The largest absolute Gasteiger partial charge is 0.501 e. The summed E-state index contributed by atoms with van der Waals surface area (Å²) in [7, 11) is -5.33. The first kappa shape index (κ1) is 15.2. The van der Waals surface area contributed by atoms with Gasteiger partial charge in [-0.05, 0) is 31.4 Å². The van der Waals surface area contributed by atoms with Crippen LogP contribution in [-0.2, 0) is 9.84 Å². The van der Waals surface area contributed by atoms with Crippen molar-refractivity contribution in [3.05, 3.63) is 24.3 Å². The van der Waals surface area contributed by atoms with Crippen LogP contribution in [-0.4, -0.2) is 26.5 Å². The molecule has 2 atom stereocenters. The van der Waals surface area contributed by atoms with Crippen molar-refractivity contribution < 1.29 is 21.6 Å². The average molecular weight is 307 g/mol. The number of hydrogen-bond acceptors (Lipinski definition) is 3. The Balaban J connectivity index is 2.53. The molecule has 1 aromatic carbocycles. The van der Waals surface area contributed by atoms with Gasteiger partial charge in [0.15, 0.2) is 0 Å². The van der Waals surface area contributed by atoms with Crippen LogP contribution < -0.4 is 4.90 Å². The van der Waals surface area contributed by atoms with E-state index < -0.39 is 20.2 Å². The molecule has 1 aliphatic heterocycles. The molecule has 0 spiro atoms. The zero-order valence-electron chi connectivity index (χ0n) is 11.2. The van der Waals surface area contributed by atoms with E-state index in [2.05, 4.69) is 0 Å². The number of anilines is 1. The molecule has 3 nitrogen and oxygen atoms in total. The lowest BCUT2D eigenvalue weighted by molar-refractivity contribution is -0.0435. The van der Waals surface area contributed by atoms with Crippen molar-refractivity contribution in [2.45, 2.75) is 36.7 Å². The van der Waals surface area contributed by atoms with E-state index in [1.807, 2.05) is 13.8 Å². The number of nitrogens with zero attached hydrogens (tertiary/aromatic N) is 1. The quantitative estimate of drug-likeness (QED) is 0.842. The summed E-state index contributed by atoms with van der Waals surface area (Å²) < 4.78 is 61.6.